The third-order valence-electron chi connectivity index (χ3n) is 4.59. The summed E-state index contributed by atoms with van der Waals surface area (Å²) in [5.74, 6) is 0.520. The highest BCUT2D eigenvalue weighted by Gasteiger charge is 2.32. The first-order valence-corrected chi connectivity index (χ1v) is 9.67. The number of hydrogen-bond donors (Lipinski definition) is 0. The van der Waals surface area contributed by atoms with Gasteiger partial charge < -0.3 is 4.90 Å². The molecule has 1 aliphatic rings. The van der Waals surface area contributed by atoms with Gasteiger partial charge in [0.1, 0.15) is 5.15 Å². The van der Waals surface area contributed by atoms with Crippen LogP contribution in [0, 0.1) is 19.8 Å². The van der Waals surface area contributed by atoms with E-state index in [0.29, 0.717) is 5.92 Å². The van der Waals surface area contributed by atoms with E-state index in [1.165, 1.54) is 11.3 Å². The lowest BCUT2D eigenvalue weighted by Gasteiger charge is -2.28. The Balaban J connectivity index is 2.00. The minimum atomic E-state index is 0.275. The van der Waals surface area contributed by atoms with Crippen molar-refractivity contribution >= 4 is 33.2 Å². The van der Waals surface area contributed by atoms with Crippen LogP contribution in [-0.4, -0.2) is 21.3 Å². The smallest absolute Gasteiger partial charge is 0.132 e. The van der Waals surface area contributed by atoms with Crippen LogP contribution in [0.15, 0.2) is 16.7 Å². The Morgan fingerprint density at radius 2 is 2.08 bits per heavy atom. The van der Waals surface area contributed by atoms with Crippen molar-refractivity contribution in [3.8, 4) is 0 Å². The molecule has 3 heterocycles. The van der Waals surface area contributed by atoms with Crippen LogP contribution in [0.5, 0.6) is 0 Å². The van der Waals surface area contributed by atoms with Crippen LogP contribution in [0.3, 0.4) is 0 Å². The lowest BCUT2D eigenvalue weighted by Crippen LogP contribution is -2.23. The molecule has 24 heavy (non-hydrogen) atoms. The normalized spacial score (nSPS) is 18.0. The fourth-order valence-corrected chi connectivity index (χ4v) is 4.36. The number of aryl methyl sites for hydroxylation is 2. The van der Waals surface area contributed by atoms with Gasteiger partial charge in [0, 0.05) is 24.8 Å². The van der Waals surface area contributed by atoms with E-state index < -0.39 is 0 Å². The summed E-state index contributed by atoms with van der Waals surface area (Å²) in [7, 11) is 0. The van der Waals surface area contributed by atoms with Crippen molar-refractivity contribution in [1.29, 1.82) is 0 Å². The lowest BCUT2D eigenvalue weighted by molar-refractivity contribution is 0.481. The van der Waals surface area contributed by atoms with Gasteiger partial charge in [-0.15, -0.1) is 0 Å². The SMILES string of the molecule is Cc1nccc(N2CCCC2c2c(C)nn(CC(C)C)c2Cl)c1Br. The monoisotopic (exact) mass is 410 g/mol. The number of anilines is 1. The Hall–Kier alpha value is -1.07. The molecule has 1 saturated heterocycles. The second kappa shape index (κ2) is 7.04. The highest BCUT2D eigenvalue weighted by Crippen LogP contribution is 2.43. The Labute approximate surface area is 157 Å². The zero-order valence-corrected chi connectivity index (χ0v) is 17.0. The highest BCUT2D eigenvalue weighted by atomic mass is 79.9. The molecule has 2 aromatic rings. The number of hydrogen-bond acceptors (Lipinski definition) is 3. The first kappa shape index (κ1) is 17.7. The number of pyridine rings is 1. The van der Waals surface area contributed by atoms with E-state index in [-0.39, 0.29) is 6.04 Å². The molecule has 6 heteroatoms. The fraction of sp³-hybridized carbons (Fsp3) is 0.556. The summed E-state index contributed by atoms with van der Waals surface area (Å²) in [4.78, 5) is 6.80. The third-order valence-corrected chi connectivity index (χ3v) is 5.96. The largest absolute Gasteiger partial charge is 0.363 e. The van der Waals surface area contributed by atoms with Crippen LogP contribution in [0.25, 0.3) is 0 Å². The highest BCUT2D eigenvalue weighted by molar-refractivity contribution is 9.10. The van der Waals surface area contributed by atoms with E-state index >= 15 is 0 Å². The van der Waals surface area contributed by atoms with E-state index in [0.717, 1.165) is 46.9 Å². The maximum Gasteiger partial charge on any atom is 0.132 e. The van der Waals surface area contributed by atoms with Gasteiger partial charge in [0.25, 0.3) is 0 Å². The maximum atomic E-state index is 6.73. The van der Waals surface area contributed by atoms with Crippen LogP contribution in [-0.2, 0) is 6.54 Å². The molecule has 0 spiro atoms. The molecular weight excluding hydrogens is 388 g/mol. The summed E-state index contributed by atoms with van der Waals surface area (Å²) in [6.07, 6.45) is 4.13. The van der Waals surface area contributed by atoms with Crippen molar-refractivity contribution in [3.63, 3.8) is 0 Å². The van der Waals surface area contributed by atoms with Crippen molar-refractivity contribution in [2.24, 2.45) is 5.92 Å². The predicted molar refractivity (Wildman–Crippen MR) is 103 cm³/mol. The fourth-order valence-electron chi connectivity index (χ4n) is 3.52. The Bertz CT molecular complexity index is 741. The first-order chi connectivity index (χ1) is 11.4. The molecule has 0 saturated carbocycles. The van der Waals surface area contributed by atoms with Crippen molar-refractivity contribution in [2.45, 2.75) is 53.1 Å². The van der Waals surface area contributed by atoms with Gasteiger partial charge in [0.2, 0.25) is 0 Å². The van der Waals surface area contributed by atoms with Gasteiger partial charge >= 0.3 is 0 Å². The van der Waals surface area contributed by atoms with Crippen LogP contribution >= 0.6 is 27.5 Å². The summed E-state index contributed by atoms with van der Waals surface area (Å²) in [5.41, 5.74) is 4.42. The van der Waals surface area contributed by atoms with Gasteiger partial charge in [0.15, 0.2) is 0 Å². The van der Waals surface area contributed by atoms with Crippen molar-refractivity contribution < 1.29 is 0 Å². The van der Waals surface area contributed by atoms with Gasteiger partial charge in [-0.3, -0.25) is 9.67 Å². The summed E-state index contributed by atoms with van der Waals surface area (Å²) in [6, 6.07) is 2.36. The average molecular weight is 412 g/mol. The Morgan fingerprint density at radius 3 is 2.79 bits per heavy atom. The minimum absolute atomic E-state index is 0.275. The molecule has 0 aliphatic carbocycles. The van der Waals surface area contributed by atoms with Gasteiger partial charge in [-0.05, 0) is 54.6 Å². The summed E-state index contributed by atoms with van der Waals surface area (Å²) in [6.45, 7) is 10.3. The molecule has 1 unspecified atom stereocenters. The number of halogens is 2. The van der Waals surface area contributed by atoms with Crippen molar-refractivity contribution in [2.75, 3.05) is 11.4 Å². The first-order valence-electron chi connectivity index (χ1n) is 8.50. The van der Waals surface area contributed by atoms with Gasteiger partial charge in [0.05, 0.1) is 27.6 Å². The van der Waals surface area contributed by atoms with Crippen LogP contribution in [0.2, 0.25) is 5.15 Å². The predicted octanol–water partition coefficient (Wildman–Crippen LogP) is 5.31. The van der Waals surface area contributed by atoms with E-state index in [4.69, 9.17) is 16.7 Å². The van der Waals surface area contributed by atoms with Crippen LogP contribution in [0.4, 0.5) is 5.69 Å². The number of rotatable bonds is 4. The molecule has 3 rings (SSSR count). The molecule has 1 atom stereocenters. The topological polar surface area (TPSA) is 34.0 Å². The molecule has 4 nitrogen and oxygen atoms in total. The minimum Gasteiger partial charge on any atom is -0.363 e. The Morgan fingerprint density at radius 1 is 1.33 bits per heavy atom. The average Bonchev–Trinajstić information content (AvgIpc) is 3.07. The standard InChI is InChI=1S/C18H24BrClN4/c1-11(2)10-24-18(20)16(12(3)22-24)14-6-5-9-23(14)15-7-8-21-13(4)17(15)19/h7-8,11,14H,5-6,9-10H2,1-4H3. The van der Waals surface area contributed by atoms with Gasteiger partial charge in [-0.2, -0.15) is 5.10 Å². The molecule has 0 bridgehead atoms. The second-order valence-electron chi connectivity index (χ2n) is 6.95. The summed E-state index contributed by atoms with van der Waals surface area (Å²) >= 11 is 10.4. The zero-order chi connectivity index (χ0) is 17.4. The Kier molecular flexibility index (Phi) is 5.21. The molecule has 0 amide bonds. The molecule has 1 fully saturated rings. The lowest BCUT2D eigenvalue weighted by atomic mass is 10.1. The number of nitrogens with zero attached hydrogens (tertiary/aromatic N) is 4. The third kappa shape index (κ3) is 3.21. The van der Waals surface area contributed by atoms with Crippen LogP contribution < -0.4 is 4.90 Å². The quantitative estimate of drug-likeness (QED) is 0.684. The second-order valence-corrected chi connectivity index (χ2v) is 8.10. The molecule has 1 aliphatic heterocycles. The van der Waals surface area contributed by atoms with E-state index in [1.807, 2.05) is 17.8 Å². The van der Waals surface area contributed by atoms with E-state index in [2.05, 4.69) is 52.7 Å². The van der Waals surface area contributed by atoms with Gasteiger partial charge in [-0.25, -0.2) is 0 Å². The summed E-state index contributed by atoms with van der Waals surface area (Å²) in [5, 5.41) is 5.49. The molecule has 0 aromatic carbocycles. The molecular formula is C18H24BrClN4. The molecule has 0 radical (unpaired) electrons. The van der Waals surface area contributed by atoms with E-state index in [9.17, 15) is 0 Å². The molecule has 2 aromatic heterocycles. The van der Waals surface area contributed by atoms with Gasteiger partial charge in [-0.1, -0.05) is 25.4 Å². The zero-order valence-electron chi connectivity index (χ0n) is 14.7. The van der Waals surface area contributed by atoms with Crippen molar-refractivity contribution in [3.05, 3.63) is 38.8 Å². The van der Waals surface area contributed by atoms with Crippen molar-refractivity contribution in [1.82, 2.24) is 14.8 Å². The molecule has 0 N–H and O–H groups in total. The summed E-state index contributed by atoms with van der Waals surface area (Å²) < 4.78 is 3.03. The maximum absolute atomic E-state index is 6.73. The van der Waals surface area contributed by atoms with E-state index in [1.54, 1.807) is 0 Å². The number of aromatic nitrogens is 3. The molecule has 130 valence electrons. The van der Waals surface area contributed by atoms with Crippen LogP contribution in [0.1, 0.15) is 49.7 Å².